The molecule has 3 amide bonds. The monoisotopic (exact) mass is 436 g/mol. The van der Waals surface area contributed by atoms with Crippen molar-refractivity contribution in [3.63, 3.8) is 0 Å². The Kier molecular flexibility index (Phi) is 6.44. The highest BCUT2D eigenvalue weighted by molar-refractivity contribution is 5.85. The van der Waals surface area contributed by atoms with Crippen molar-refractivity contribution < 1.29 is 14.0 Å². The number of para-hydroxylation sites is 1. The number of carbonyl (C=O) groups is 2. The van der Waals surface area contributed by atoms with Gasteiger partial charge in [-0.2, -0.15) is 0 Å². The van der Waals surface area contributed by atoms with Gasteiger partial charge < -0.3 is 19.7 Å². The molecule has 4 rings (SSSR count). The second kappa shape index (κ2) is 9.42. The lowest BCUT2D eigenvalue weighted by Gasteiger charge is -2.29. The normalized spacial score (nSPS) is 13.2. The average Bonchev–Trinajstić information content (AvgIpc) is 3.55. The van der Waals surface area contributed by atoms with E-state index in [1.165, 1.54) is 17.0 Å². The number of H-pyrrole nitrogens is 1. The molecule has 0 atom stereocenters. The Morgan fingerprint density at radius 1 is 1.06 bits per heavy atom. The molecular weight excluding hydrogens is 407 g/mol. The van der Waals surface area contributed by atoms with E-state index in [1.54, 1.807) is 36.0 Å². The van der Waals surface area contributed by atoms with Crippen molar-refractivity contribution >= 4 is 22.8 Å². The quantitative estimate of drug-likeness (QED) is 0.580. The van der Waals surface area contributed by atoms with Crippen molar-refractivity contribution in [2.24, 2.45) is 0 Å². The van der Waals surface area contributed by atoms with Crippen LogP contribution in [-0.4, -0.2) is 64.8 Å². The molecule has 1 N–H and O–H groups in total. The summed E-state index contributed by atoms with van der Waals surface area (Å²) < 4.78 is 13.4. The van der Waals surface area contributed by atoms with Gasteiger partial charge in [-0.1, -0.05) is 30.3 Å². The van der Waals surface area contributed by atoms with E-state index in [4.69, 9.17) is 0 Å². The van der Waals surface area contributed by atoms with Gasteiger partial charge in [-0.3, -0.25) is 4.79 Å². The molecule has 0 unspecified atom stereocenters. The highest BCUT2D eigenvalue weighted by Crippen LogP contribution is 2.27. The highest BCUT2D eigenvalue weighted by atomic mass is 19.1. The molecule has 32 heavy (non-hydrogen) atoms. The van der Waals surface area contributed by atoms with E-state index in [0.717, 1.165) is 34.9 Å². The van der Waals surface area contributed by atoms with E-state index in [9.17, 15) is 14.0 Å². The number of carbonyl (C=O) groups excluding carboxylic acids is 2. The number of halogens is 1. The molecule has 0 spiro atoms. The van der Waals surface area contributed by atoms with Crippen LogP contribution >= 0.6 is 0 Å². The summed E-state index contributed by atoms with van der Waals surface area (Å²) >= 11 is 0. The number of nitrogens with zero attached hydrogens (tertiary/aromatic N) is 3. The Bertz CT molecular complexity index is 1090. The Labute approximate surface area is 187 Å². The van der Waals surface area contributed by atoms with Crippen LogP contribution in [0.1, 0.15) is 24.0 Å². The topological polar surface area (TPSA) is 59.7 Å². The van der Waals surface area contributed by atoms with Gasteiger partial charge in [-0.05, 0) is 48.6 Å². The molecule has 1 aliphatic carbocycles. The molecule has 7 heteroatoms. The number of amides is 3. The molecule has 0 bridgehead atoms. The Hall–Kier alpha value is -3.35. The van der Waals surface area contributed by atoms with E-state index in [-0.39, 0.29) is 30.3 Å². The first-order valence-corrected chi connectivity index (χ1v) is 11.0. The lowest BCUT2D eigenvalue weighted by molar-refractivity contribution is -0.132. The summed E-state index contributed by atoms with van der Waals surface area (Å²) in [6.07, 6.45) is 4.53. The Morgan fingerprint density at radius 3 is 2.47 bits per heavy atom. The maximum absolute atomic E-state index is 13.4. The van der Waals surface area contributed by atoms with Crippen LogP contribution in [0.25, 0.3) is 10.9 Å². The van der Waals surface area contributed by atoms with Gasteiger partial charge in [0, 0.05) is 50.3 Å². The van der Waals surface area contributed by atoms with Crippen LogP contribution in [0.2, 0.25) is 0 Å². The molecule has 0 aliphatic heterocycles. The predicted molar refractivity (Wildman–Crippen MR) is 123 cm³/mol. The largest absolute Gasteiger partial charge is 0.361 e. The molecule has 168 valence electrons. The minimum atomic E-state index is -0.304. The van der Waals surface area contributed by atoms with Crippen molar-refractivity contribution in [3.05, 3.63) is 71.7 Å². The second-order valence-corrected chi connectivity index (χ2v) is 8.59. The molecular formula is C25H29FN4O2. The van der Waals surface area contributed by atoms with Crippen LogP contribution < -0.4 is 0 Å². The van der Waals surface area contributed by atoms with Gasteiger partial charge in [0.1, 0.15) is 12.4 Å². The number of aromatic amines is 1. The predicted octanol–water partition coefficient (Wildman–Crippen LogP) is 4.02. The van der Waals surface area contributed by atoms with Gasteiger partial charge in [0.25, 0.3) is 0 Å². The van der Waals surface area contributed by atoms with Gasteiger partial charge in [-0.25, -0.2) is 9.18 Å². The lowest BCUT2D eigenvalue weighted by atomic mass is 10.1. The van der Waals surface area contributed by atoms with Crippen LogP contribution in [0.3, 0.4) is 0 Å². The van der Waals surface area contributed by atoms with Gasteiger partial charge >= 0.3 is 6.03 Å². The van der Waals surface area contributed by atoms with Crippen LogP contribution in [0, 0.1) is 5.82 Å². The fraction of sp³-hybridized carbons (Fsp3) is 0.360. The Morgan fingerprint density at radius 2 is 1.78 bits per heavy atom. The van der Waals surface area contributed by atoms with Crippen LogP contribution in [-0.2, 0) is 17.8 Å². The number of urea groups is 1. The molecule has 0 radical (unpaired) electrons. The van der Waals surface area contributed by atoms with E-state index in [1.807, 2.05) is 24.4 Å². The molecule has 3 aromatic rings. The van der Waals surface area contributed by atoms with Gasteiger partial charge in [0.05, 0.1) is 0 Å². The molecule has 0 saturated heterocycles. The fourth-order valence-electron chi connectivity index (χ4n) is 3.94. The number of benzene rings is 2. The standard InChI is InChI=1S/C25H29FN4O2/c1-28(2)25(32)30(21-11-12-21)17-24(31)29(16-18-7-9-20(26)10-8-18)14-13-19-15-27-23-6-4-3-5-22(19)23/h3-10,15,21,27H,11-14,16-17H2,1-2H3. The maximum atomic E-state index is 13.4. The van der Waals surface area contributed by atoms with Crippen molar-refractivity contribution in [1.29, 1.82) is 0 Å². The molecule has 1 aromatic heterocycles. The minimum Gasteiger partial charge on any atom is -0.361 e. The van der Waals surface area contributed by atoms with Crippen LogP contribution in [0.15, 0.2) is 54.7 Å². The van der Waals surface area contributed by atoms with Gasteiger partial charge in [-0.15, -0.1) is 0 Å². The number of aromatic nitrogens is 1. The molecule has 1 saturated carbocycles. The first kappa shape index (κ1) is 21.9. The van der Waals surface area contributed by atoms with Crippen molar-refractivity contribution in [1.82, 2.24) is 19.7 Å². The number of hydrogen-bond acceptors (Lipinski definition) is 2. The molecule has 6 nitrogen and oxygen atoms in total. The first-order valence-electron chi connectivity index (χ1n) is 11.0. The summed E-state index contributed by atoms with van der Waals surface area (Å²) in [7, 11) is 3.41. The Balaban J connectivity index is 1.51. The fourth-order valence-corrected chi connectivity index (χ4v) is 3.94. The number of nitrogens with one attached hydrogen (secondary N) is 1. The number of hydrogen-bond donors (Lipinski definition) is 1. The maximum Gasteiger partial charge on any atom is 0.320 e. The summed E-state index contributed by atoms with van der Waals surface area (Å²) in [6, 6.07) is 14.3. The van der Waals surface area contributed by atoms with Gasteiger partial charge in [0.2, 0.25) is 5.91 Å². The second-order valence-electron chi connectivity index (χ2n) is 8.59. The van der Waals surface area contributed by atoms with Crippen LogP contribution in [0.4, 0.5) is 9.18 Å². The highest BCUT2D eigenvalue weighted by Gasteiger charge is 2.35. The van der Waals surface area contributed by atoms with Crippen molar-refractivity contribution in [2.45, 2.75) is 31.8 Å². The zero-order valence-corrected chi connectivity index (χ0v) is 18.6. The van der Waals surface area contributed by atoms with E-state index in [2.05, 4.69) is 11.1 Å². The third-order valence-corrected chi connectivity index (χ3v) is 5.89. The number of fused-ring (bicyclic) bond motifs is 1. The minimum absolute atomic E-state index is 0.0523. The van der Waals surface area contributed by atoms with Crippen LogP contribution in [0.5, 0.6) is 0 Å². The average molecular weight is 437 g/mol. The van der Waals surface area contributed by atoms with Crippen molar-refractivity contribution in [2.75, 3.05) is 27.2 Å². The summed E-state index contributed by atoms with van der Waals surface area (Å²) in [5.41, 5.74) is 3.06. The molecule has 1 fully saturated rings. The van der Waals surface area contributed by atoms with E-state index >= 15 is 0 Å². The zero-order chi connectivity index (χ0) is 22.7. The number of rotatable bonds is 8. The third-order valence-electron chi connectivity index (χ3n) is 5.89. The lowest BCUT2D eigenvalue weighted by Crippen LogP contribution is -2.47. The smallest absolute Gasteiger partial charge is 0.320 e. The summed E-state index contributed by atoms with van der Waals surface area (Å²) in [5.74, 6) is -0.404. The zero-order valence-electron chi connectivity index (χ0n) is 18.6. The molecule has 2 aromatic carbocycles. The summed E-state index contributed by atoms with van der Waals surface area (Å²) in [5, 5.41) is 1.14. The molecule has 1 aliphatic rings. The van der Waals surface area contributed by atoms with Gasteiger partial charge in [0.15, 0.2) is 0 Å². The summed E-state index contributed by atoms with van der Waals surface area (Å²) in [4.78, 5) is 34.2. The van der Waals surface area contributed by atoms with Crippen molar-refractivity contribution in [3.8, 4) is 0 Å². The van der Waals surface area contributed by atoms with E-state index in [0.29, 0.717) is 19.5 Å². The molecule has 1 heterocycles. The summed E-state index contributed by atoms with van der Waals surface area (Å²) in [6.45, 7) is 0.930. The van der Waals surface area contributed by atoms with E-state index < -0.39 is 0 Å². The third kappa shape index (κ3) is 5.10. The SMILES string of the molecule is CN(C)C(=O)N(CC(=O)N(CCc1c[nH]c2ccccc12)Cc1ccc(F)cc1)C1CC1. The first-order chi connectivity index (χ1) is 15.4.